The predicted octanol–water partition coefficient (Wildman–Crippen LogP) is 2.86. The molecule has 0 radical (unpaired) electrons. The van der Waals surface area contributed by atoms with E-state index in [4.69, 9.17) is 5.73 Å². The molecule has 104 valence electrons. The maximum atomic E-state index is 12.0. The smallest absolute Gasteiger partial charge is 0.251 e. The van der Waals surface area contributed by atoms with E-state index in [0.717, 1.165) is 12.0 Å². The molecule has 3 N–H and O–H groups in total. The molecule has 0 bridgehead atoms. The molecule has 3 heteroatoms. The molecule has 0 atom stereocenters. The van der Waals surface area contributed by atoms with Crippen molar-refractivity contribution in [3.63, 3.8) is 0 Å². The van der Waals surface area contributed by atoms with Crippen LogP contribution in [0.5, 0.6) is 0 Å². The first-order valence-corrected chi connectivity index (χ1v) is 6.76. The van der Waals surface area contributed by atoms with Gasteiger partial charge in [0.1, 0.15) is 0 Å². The molecule has 0 aliphatic rings. The van der Waals surface area contributed by atoms with Gasteiger partial charge in [0.25, 0.3) is 5.91 Å². The topological polar surface area (TPSA) is 55.1 Å². The third-order valence-electron chi connectivity index (χ3n) is 3.31. The number of nitrogen functional groups attached to an aromatic ring is 1. The molecule has 0 unspecified atom stereocenters. The Morgan fingerprint density at radius 1 is 1.15 bits per heavy atom. The van der Waals surface area contributed by atoms with Gasteiger partial charge in [0.2, 0.25) is 0 Å². The highest BCUT2D eigenvalue weighted by Crippen LogP contribution is 2.12. The second-order valence-electron chi connectivity index (χ2n) is 5.07. The van der Waals surface area contributed by atoms with Gasteiger partial charge in [-0.3, -0.25) is 4.79 Å². The minimum absolute atomic E-state index is 0.0549. The van der Waals surface area contributed by atoms with Gasteiger partial charge in [0.15, 0.2) is 0 Å². The minimum atomic E-state index is -0.0549. The number of carbonyl (C=O) groups excluding carboxylic acids is 1. The molecular formula is C17H20N2O. The quantitative estimate of drug-likeness (QED) is 0.838. The number of aryl methyl sites for hydroxylation is 2. The van der Waals surface area contributed by atoms with E-state index < -0.39 is 0 Å². The lowest BCUT2D eigenvalue weighted by Gasteiger charge is -2.07. The van der Waals surface area contributed by atoms with Crippen molar-refractivity contribution in [1.82, 2.24) is 5.32 Å². The molecule has 20 heavy (non-hydrogen) atoms. The molecule has 2 aromatic rings. The fraction of sp³-hybridized carbons (Fsp3) is 0.235. The predicted molar refractivity (Wildman–Crippen MR) is 82.8 cm³/mol. The molecule has 0 aliphatic carbocycles. The van der Waals surface area contributed by atoms with Gasteiger partial charge in [-0.05, 0) is 49.6 Å². The Balaban J connectivity index is 1.90. The van der Waals surface area contributed by atoms with Gasteiger partial charge >= 0.3 is 0 Å². The van der Waals surface area contributed by atoms with Crippen LogP contribution in [0.4, 0.5) is 5.69 Å². The second kappa shape index (κ2) is 6.24. The second-order valence-corrected chi connectivity index (χ2v) is 5.07. The van der Waals surface area contributed by atoms with Gasteiger partial charge in [-0.25, -0.2) is 0 Å². The molecule has 2 aromatic carbocycles. The molecule has 0 fully saturated rings. The van der Waals surface area contributed by atoms with Crippen molar-refractivity contribution in [1.29, 1.82) is 0 Å². The van der Waals surface area contributed by atoms with Gasteiger partial charge in [-0.1, -0.05) is 29.8 Å². The van der Waals surface area contributed by atoms with Crippen LogP contribution in [-0.2, 0) is 6.42 Å². The van der Waals surface area contributed by atoms with Gasteiger partial charge in [0, 0.05) is 17.8 Å². The van der Waals surface area contributed by atoms with Gasteiger partial charge in [-0.2, -0.15) is 0 Å². The first-order valence-electron chi connectivity index (χ1n) is 6.76. The zero-order valence-electron chi connectivity index (χ0n) is 11.9. The number of hydrogen-bond donors (Lipinski definition) is 2. The Morgan fingerprint density at radius 2 is 1.95 bits per heavy atom. The summed E-state index contributed by atoms with van der Waals surface area (Å²) in [6.07, 6.45) is 0.835. The lowest BCUT2D eigenvalue weighted by atomic mass is 10.1. The van der Waals surface area contributed by atoms with Crippen LogP contribution in [0.1, 0.15) is 27.0 Å². The normalized spacial score (nSPS) is 10.3. The van der Waals surface area contributed by atoms with Crippen LogP contribution in [0.2, 0.25) is 0 Å². The van der Waals surface area contributed by atoms with Crippen LogP contribution >= 0.6 is 0 Å². The summed E-state index contributed by atoms with van der Waals surface area (Å²) in [6.45, 7) is 4.60. The third-order valence-corrected chi connectivity index (χ3v) is 3.31. The van der Waals surface area contributed by atoms with Crippen molar-refractivity contribution in [3.05, 3.63) is 64.7 Å². The average Bonchev–Trinajstić information content (AvgIpc) is 2.42. The summed E-state index contributed by atoms with van der Waals surface area (Å²) in [5, 5.41) is 2.93. The number of nitrogens with two attached hydrogens (primary N) is 1. The summed E-state index contributed by atoms with van der Waals surface area (Å²) in [6, 6.07) is 13.7. The molecule has 0 aromatic heterocycles. The Bertz CT molecular complexity index is 620. The van der Waals surface area contributed by atoms with E-state index in [2.05, 4.69) is 30.4 Å². The molecule has 1 amide bonds. The lowest BCUT2D eigenvalue weighted by Crippen LogP contribution is -2.25. The van der Waals surface area contributed by atoms with E-state index >= 15 is 0 Å². The van der Waals surface area contributed by atoms with E-state index in [0.29, 0.717) is 17.8 Å². The van der Waals surface area contributed by atoms with E-state index in [1.807, 2.05) is 19.1 Å². The summed E-state index contributed by atoms with van der Waals surface area (Å²) in [7, 11) is 0. The van der Waals surface area contributed by atoms with E-state index in [1.165, 1.54) is 11.1 Å². The summed E-state index contributed by atoms with van der Waals surface area (Å²) >= 11 is 0. The number of rotatable bonds is 4. The van der Waals surface area contributed by atoms with Crippen molar-refractivity contribution in [3.8, 4) is 0 Å². The molecule has 0 saturated carbocycles. The van der Waals surface area contributed by atoms with E-state index in [9.17, 15) is 4.79 Å². The van der Waals surface area contributed by atoms with Gasteiger partial charge < -0.3 is 11.1 Å². The van der Waals surface area contributed by atoms with E-state index in [1.54, 1.807) is 12.1 Å². The summed E-state index contributed by atoms with van der Waals surface area (Å²) in [5.74, 6) is -0.0549. The first-order chi connectivity index (χ1) is 9.56. The zero-order valence-corrected chi connectivity index (χ0v) is 11.9. The Hall–Kier alpha value is -2.29. The number of amides is 1. The van der Waals surface area contributed by atoms with Gasteiger partial charge in [0.05, 0.1) is 0 Å². The minimum Gasteiger partial charge on any atom is -0.399 e. The fourth-order valence-corrected chi connectivity index (χ4v) is 2.11. The van der Waals surface area contributed by atoms with Crippen LogP contribution in [0.3, 0.4) is 0 Å². The number of anilines is 1. The largest absolute Gasteiger partial charge is 0.399 e. The van der Waals surface area contributed by atoms with Gasteiger partial charge in [-0.15, -0.1) is 0 Å². The SMILES string of the molecule is Cc1cccc(CCNC(=O)c2ccc(N)c(C)c2)c1. The average molecular weight is 268 g/mol. The summed E-state index contributed by atoms with van der Waals surface area (Å²) in [4.78, 5) is 12.0. The lowest BCUT2D eigenvalue weighted by molar-refractivity contribution is 0.0954. The van der Waals surface area contributed by atoms with Crippen molar-refractivity contribution in [2.75, 3.05) is 12.3 Å². The molecular weight excluding hydrogens is 248 g/mol. The Kier molecular flexibility index (Phi) is 4.41. The summed E-state index contributed by atoms with van der Waals surface area (Å²) < 4.78 is 0. The molecule has 0 spiro atoms. The first kappa shape index (κ1) is 14.1. The van der Waals surface area contributed by atoms with Crippen LogP contribution in [0.15, 0.2) is 42.5 Å². The van der Waals surface area contributed by atoms with Crippen molar-refractivity contribution >= 4 is 11.6 Å². The zero-order chi connectivity index (χ0) is 14.5. The number of nitrogens with one attached hydrogen (secondary N) is 1. The maximum Gasteiger partial charge on any atom is 0.251 e. The van der Waals surface area contributed by atoms with Crippen molar-refractivity contribution in [2.45, 2.75) is 20.3 Å². The number of carbonyl (C=O) groups is 1. The Morgan fingerprint density at radius 3 is 2.65 bits per heavy atom. The Labute approximate surface area is 119 Å². The fourth-order valence-electron chi connectivity index (χ4n) is 2.11. The molecule has 3 nitrogen and oxygen atoms in total. The third kappa shape index (κ3) is 3.60. The molecule has 0 heterocycles. The number of benzene rings is 2. The van der Waals surface area contributed by atoms with Crippen LogP contribution < -0.4 is 11.1 Å². The summed E-state index contributed by atoms with van der Waals surface area (Å²) in [5.41, 5.74) is 10.5. The maximum absolute atomic E-state index is 12.0. The number of hydrogen-bond acceptors (Lipinski definition) is 2. The molecule has 0 saturated heterocycles. The molecule has 2 rings (SSSR count). The van der Waals surface area contributed by atoms with Crippen LogP contribution in [0, 0.1) is 13.8 Å². The highest BCUT2D eigenvalue weighted by atomic mass is 16.1. The van der Waals surface area contributed by atoms with Crippen molar-refractivity contribution < 1.29 is 4.79 Å². The van der Waals surface area contributed by atoms with Crippen LogP contribution in [-0.4, -0.2) is 12.5 Å². The monoisotopic (exact) mass is 268 g/mol. The highest BCUT2D eigenvalue weighted by Gasteiger charge is 2.06. The highest BCUT2D eigenvalue weighted by molar-refractivity contribution is 5.94. The van der Waals surface area contributed by atoms with E-state index in [-0.39, 0.29) is 5.91 Å². The van der Waals surface area contributed by atoms with Crippen LogP contribution in [0.25, 0.3) is 0 Å². The molecule has 0 aliphatic heterocycles. The standard InChI is InChI=1S/C17H20N2O/c1-12-4-3-5-14(10-12)8-9-19-17(20)15-6-7-16(18)13(2)11-15/h3-7,10-11H,8-9,18H2,1-2H3,(H,19,20). The van der Waals surface area contributed by atoms with Crippen molar-refractivity contribution in [2.24, 2.45) is 0 Å².